The smallest absolute Gasteiger partial charge is 0.157 e. The lowest BCUT2D eigenvalue weighted by Crippen LogP contribution is -2.20. The third kappa shape index (κ3) is 7.30. The largest absolute Gasteiger partial charge is 0.356 e. The summed E-state index contributed by atoms with van der Waals surface area (Å²) in [5.74, 6) is 0. The number of methoxy groups -OCH3 is 2. The van der Waals surface area contributed by atoms with E-state index < -0.39 is 8.07 Å². The zero-order valence-corrected chi connectivity index (χ0v) is 11.2. The molecule has 0 saturated heterocycles. The quantitative estimate of drug-likeness (QED) is 0.369. The van der Waals surface area contributed by atoms with Crippen LogP contribution in [0, 0.1) is 0 Å². The van der Waals surface area contributed by atoms with Crippen molar-refractivity contribution < 1.29 is 9.47 Å². The molecule has 0 fully saturated rings. The van der Waals surface area contributed by atoms with Crippen molar-refractivity contribution in [3.05, 3.63) is 12.2 Å². The summed E-state index contributed by atoms with van der Waals surface area (Å²) in [5, 5.41) is 0. The third-order valence-electron chi connectivity index (χ3n) is 2.04. The van der Waals surface area contributed by atoms with Crippen LogP contribution in [0.1, 0.15) is 12.8 Å². The van der Waals surface area contributed by atoms with Crippen LogP contribution in [0.2, 0.25) is 25.7 Å². The molecule has 0 aliphatic carbocycles. The van der Waals surface area contributed by atoms with E-state index in [4.69, 9.17) is 9.47 Å². The van der Waals surface area contributed by atoms with Gasteiger partial charge in [0.15, 0.2) is 6.29 Å². The Hall–Kier alpha value is -0.123. The highest BCUT2D eigenvalue weighted by atomic mass is 28.3. The average molecular weight is 216 g/mol. The van der Waals surface area contributed by atoms with Crippen LogP contribution in [0.3, 0.4) is 0 Å². The van der Waals surface area contributed by atoms with Crippen LogP contribution in [-0.2, 0) is 9.47 Å². The van der Waals surface area contributed by atoms with Crippen LogP contribution in [-0.4, -0.2) is 28.6 Å². The molecule has 2 nitrogen and oxygen atoms in total. The lowest BCUT2D eigenvalue weighted by atomic mass is 10.2. The second-order valence-electron chi connectivity index (χ2n) is 4.93. The Labute approximate surface area is 89.3 Å². The lowest BCUT2D eigenvalue weighted by molar-refractivity contribution is -0.105. The van der Waals surface area contributed by atoms with Gasteiger partial charge in [-0.05, 0) is 12.5 Å². The highest BCUT2D eigenvalue weighted by Gasteiger charge is 2.15. The van der Waals surface area contributed by atoms with E-state index in [9.17, 15) is 0 Å². The molecule has 0 aromatic rings. The van der Waals surface area contributed by atoms with Crippen molar-refractivity contribution in [1.29, 1.82) is 0 Å². The molecule has 0 unspecified atom stereocenters. The fourth-order valence-electron chi connectivity index (χ4n) is 1.49. The Kier molecular flexibility index (Phi) is 6.32. The molecule has 0 amide bonds. The van der Waals surface area contributed by atoms with E-state index in [1.54, 1.807) is 14.2 Å². The maximum atomic E-state index is 5.13. The molecule has 0 aromatic heterocycles. The predicted octanol–water partition coefficient (Wildman–Crippen LogP) is 3.28. The molecular weight excluding hydrogens is 192 g/mol. The molecule has 0 aliphatic rings. The Morgan fingerprint density at radius 3 is 2.07 bits per heavy atom. The van der Waals surface area contributed by atoms with Gasteiger partial charge in [0.25, 0.3) is 0 Å². The maximum Gasteiger partial charge on any atom is 0.157 e. The van der Waals surface area contributed by atoms with E-state index in [0.29, 0.717) is 0 Å². The van der Waals surface area contributed by atoms with E-state index in [1.165, 1.54) is 11.6 Å². The highest BCUT2D eigenvalue weighted by molar-refractivity contribution is 6.76. The summed E-state index contributed by atoms with van der Waals surface area (Å²) < 4.78 is 10.3. The molecule has 0 saturated carbocycles. The minimum absolute atomic E-state index is 0.0756. The van der Waals surface area contributed by atoms with Crippen molar-refractivity contribution >= 4 is 8.07 Å². The van der Waals surface area contributed by atoms with Crippen LogP contribution in [0.4, 0.5) is 0 Å². The van der Waals surface area contributed by atoms with Crippen molar-refractivity contribution in [2.45, 2.75) is 44.8 Å². The molecule has 14 heavy (non-hydrogen) atoms. The van der Waals surface area contributed by atoms with Crippen molar-refractivity contribution in [3.8, 4) is 0 Å². The van der Waals surface area contributed by atoms with Crippen molar-refractivity contribution in [1.82, 2.24) is 0 Å². The minimum Gasteiger partial charge on any atom is -0.356 e. The molecule has 3 heteroatoms. The predicted molar refractivity (Wildman–Crippen MR) is 64.3 cm³/mol. The number of hydrogen-bond donors (Lipinski definition) is 0. The van der Waals surface area contributed by atoms with Crippen LogP contribution < -0.4 is 0 Å². The molecular formula is C11H24O2Si. The second kappa shape index (κ2) is 6.38. The molecule has 0 aromatic carbocycles. The van der Waals surface area contributed by atoms with Crippen molar-refractivity contribution in [2.75, 3.05) is 14.2 Å². The summed E-state index contributed by atoms with van der Waals surface area (Å²) in [5.41, 5.74) is 1.34. The molecule has 0 atom stereocenters. The minimum atomic E-state index is -0.994. The lowest BCUT2D eigenvalue weighted by Gasteiger charge is -2.19. The Morgan fingerprint density at radius 2 is 1.71 bits per heavy atom. The van der Waals surface area contributed by atoms with Crippen LogP contribution in [0.25, 0.3) is 0 Å². The van der Waals surface area contributed by atoms with E-state index >= 15 is 0 Å². The van der Waals surface area contributed by atoms with Gasteiger partial charge in [-0.2, -0.15) is 0 Å². The maximum absolute atomic E-state index is 5.13. The Bertz CT molecular complexity index is 169. The molecule has 0 aliphatic heterocycles. The first-order valence-corrected chi connectivity index (χ1v) is 8.82. The van der Waals surface area contributed by atoms with Gasteiger partial charge in [-0.1, -0.05) is 25.2 Å². The fourth-order valence-corrected chi connectivity index (χ4v) is 3.17. The highest BCUT2D eigenvalue weighted by Crippen LogP contribution is 2.19. The van der Waals surface area contributed by atoms with Gasteiger partial charge in [0.2, 0.25) is 0 Å². The van der Waals surface area contributed by atoms with Gasteiger partial charge in [0.1, 0.15) is 0 Å². The van der Waals surface area contributed by atoms with Crippen LogP contribution in [0.5, 0.6) is 0 Å². The van der Waals surface area contributed by atoms with E-state index in [0.717, 1.165) is 12.8 Å². The summed E-state index contributed by atoms with van der Waals surface area (Å²) >= 11 is 0. The van der Waals surface area contributed by atoms with Crippen LogP contribution in [0.15, 0.2) is 12.2 Å². The normalized spacial score (nSPS) is 12.1. The zero-order chi connectivity index (χ0) is 11.2. The van der Waals surface area contributed by atoms with Gasteiger partial charge in [-0.15, -0.1) is 6.58 Å². The molecule has 84 valence electrons. The van der Waals surface area contributed by atoms with E-state index in [2.05, 4.69) is 26.2 Å². The first-order valence-electron chi connectivity index (χ1n) is 5.11. The summed E-state index contributed by atoms with van der Waals surface area (Å²) in [7, 11) is 2.36. The first kappa shape index (κ1) is 13.9. The second-order valence-corrected chi connectivity index (χ2v) is 10.4. The zero-order valence-electron chi connectivity index (χ0n) is 10.2. The molecule has 0 N–H and O–H groups in total. The average Bonchev–Trinajstić information content (AvgIpc) is 2.03. The molecule has 0 radical (unpaired) electrons. The standard InChI is InChI=1S/C11H24O2Si/c1-10(9-14(4,5)6)7-8-11(12-2)13-3/h11H,1,7-9H2,2-6H3. The van der Waals surface area contributed by atoms with Crippen molar-refractivity contribution in [3.63, 3.8) is 0 Å². The summed E-state index contributed by atoms with van der Waals surface area (Å²) in [4.78, 5) is 0. The monoisotopic (exact) mass is 216 g/mol. The van der Waals surface area contributed by atoms with Gasteiger partial charge in [-0.3, -0.25) is 0 Å². The molecule has 0 rings (SSSR count). The van der Waals surface area contributed by atoms with Crippen molar-refractivity contribution in [2.24, 2.45) is 0 Å². The van der Waals surface area contributed by atoms with Gasteiger partial charge in [0.05, 0.1) is 0 Å². The molecule has 0 spiro atoms. The number of hydrogen-bond acceptors (Lipinski definition) is 2. The third-order valence-corrected chi connectivity index (χ3v) is 3.60. The summed E-state index contributed by atoms with van der Waals surface area (Å²) in [6.45, 7) is 11.2. The Balaban J connectivity index is 3.74. The summed E-state index contributed by atoms with van der Waals surface area (Å²) in [6, 6.07) is 1.20. The van der Waals surface area contributed by atoms with E-state index in [-0.39, 0.29) is 6.29 Å². The van der Waals surface area contributed by atoms with E-state index in [1.807, 2.05) is 0 Å². The number of rotatable bonds is 7. The number of allylic oxidation sites excluding steroid dienone is 1. The summed E-state index contributed by atoms with van der Waals surface area (Å²) in [6.07, 6.45) is 1.85. The molecule has 0 heterocycles. The van der Waals surface area contributed by atoms with Gasteiger partial charge in [-0.25, -0.2) is 0 Å². The number of ether oxygens (including phenoxy) is 2. The van der Waals surface area contributed by atoms with Gasteiger partial charge < -0.3 is 9.47 Å². The topological polar surface area (TPSA) is 18.5 Å². The van der Waals surface area contributed by atoms with Gasteiger partial charge in [0, 0.05) is 28.7 Å². The van der Waals surface area contributed by atoms with Crippen LogP contribution >= 0.6 is 0 Å². The molecule has 0 bridgehead atoms. The fraction of sp³-hybridized carbons (Fsp3) is 0.818. The van der Waals surface area contributed by atoms with Gasteiger partial charge >= 0.3 is 0 Å². The Morgan fingerprint density at radius 1 is 1.21 bits per heavy atom. The first-order chi connectivity index (χ1) is 6.39. The SMILES string of the molecule is C=C(CCC(OC)OC)C[Si](C)(C)C.